The Morgan fingerprint density at radius 1 is 0.846 bits per heavy atom. The molecule has 0 saturated carbocycles. The molecule has 1 aliphatic carbocycles. The first-order valence-electron chi connectivity index (χ1n) is 10.3. The monoisotopic (exact) mass is 398 g/mol. The van der Waals surface area contributed by atoms with Crippen LogP contribution >= 0.6 is 0 Å². The van der Waals surface area contributed by atoms with Gasteiger partial charge in [0.15, 0.2) is 16.6 Å². The van der Waals surface area contributed by atoms with Gasteiger partial charge in [-0.25, -0.2) is 0 Å². The van der Waals surface area contributed by atoms with Gasteiger partial charge in [-0.15, -0.1) is 0 Å². The minimum atomic E-state index is -1.79. The van der Waals surface area contributed by atoms with Gasteiger partial charge in [-0.3, -0.25) is 0 Å². The maximum Gasteiger partial charge on any atom is 0.192 e. The molecule has 0 aliphatic heterocycles. The van der Waals surface area contributed by atoms with Gasteiger partial charge in [0.1, 0.15) is 0 Å². The maximum absolute atomic E-state index is 6.88. The molecule has 26 heavy (non-hydrogen) atoms. The molecule has 0 radical (unpaired) electrons. The second-order valence-corrected chi connectivity index (χ2v) is 21.4. The summed E-state index contributed by atoms with van der Waals surface area (Å²) < 4.78 is 13.7. The molecule has 0 bridgehead atoms. The first-order chi connectivity index (χ1) is 11.3. The van der Waals surface area contributed by atoms with Crippen molar-refractivity contribution in [3.8, 4) is 0 Å². The highest BCUT2D eigenvalue weighted by Gasteiger charge is 2.46. The van der Waals surface area contributed by atoms with Crippen LogP contribution in [0.5, 0.6) is 0 Å². The van der Waals surface area contributed by atoms with Crippen molar-refractivity contribution in [1.82, 2.24) is 0 Å². The summed E-state index contributed by atoms with van der Waals surface area (Å²) in [5, 5.41) is 0.481. The van der Waals surface area contributed by atoms with Crippen molar-refractivity contribution in [2.24, 2.45) is 5.92 Å². The van der Waals surface area contributed by atoms with E-state index in [0.29, 0.717) is 5.92 Å². The van der Waals surface area contributed by atoms with Gasteiger partial charge in [0.25, 0.3) is 0 Å². The smallest absolute Gasteiger partial charge is 0.192 e. The fourth-order valence-corrected chi connectivity index (χ4v) is 6.27. The molecule has 0 N–H and O–H groups in total. The van der Waals surface area contributed by atoms with Gasteiger partial charge in [0.05, 0.1) is 11.7 Å². The average molecular weight is 399 g/mol. The Hall–Kier alpha value is 0.0938. The highest BCUT2D eigenvalue weighted by atomic mass is 28.4. The Kier molecular flexibility index (Phi) is 6.95. The Bertz CT molecular complexity index is 519. The topological polar surface area (TPSA) is 18.5 Å². The van der Waals surface area contributed by atoms with Crippen LogP contribution in [-0.2, 0) is 8.85 Å². The fourth-order valence-electron chi connectivity index (χ4n) is 3.14. The van der Waals surface area contributed by atoms with E-state index in [1.807, 2.05) is 0 Å². The van der Waals surface area contributed by atoms with Crippen LogP contribution < -0.4 is 0 Å². The van der Waals surface area contributed by atoms with Crippen molar-refractivity contribution in [2.75, 3.05) is 0 Å². The van der Waals surface area contributed by atoms with Gasteiger partial charge in [-0.2, -0.15) is 0 Å². The summed E-state index contributed by atoms with van der Waals surface area (Å²) >= 11 is 0. The van der Waals surface area contributed by atoms with Crippen molar-refractivity contribution < 1.29 is 8.85 Å². The van der Waals surface area contributed by atoms with Crippen LogP contribution in [0, 0.1) is 5.92 Å². The summed E-state index contributed by atoms with van der Waals surface area (Å²) in [5.74, 6) is 0.509. The molecular weight excluding hydrogens is 352 g/mol. The highest BCUT2D eigenvalue weighted by molar-refractivity contribution is 6.74. The van der Waals surface area contributed by atoms with Crippen LogP contribution in [0.3, 0.4) is 0 Å². The summed E-state index contributed by atoms with van der Waals surface area (Å²) in [4.78, 5) is 0. The second-order valence-electron chi connectivity index (χ2n) is 11.9. The van der Waals surface area contributed by atoms with Crippen LogP contribution in [-0.4, -0.2) is 28.3 Å². The summed E-state index contributed by atoms with van der Waals surface area (Å²) in [5.41, 5.74) is 1.30. The average Bonchev–Trinajstić information content (AvgIpc) is 2.36. The van der Waals surface area contributed by atoms with E-state index in [4.69, 9.17) is 8.85 Å². The highest BCUT2D eigenvalue weighted by Crippen LogP contribution is 2.45. The molecular formula is C22H46O2Si2. The lowest BCUT2D eigenvalue weighted by Crippen LogP contribution is -2.52. The predicted octanol–water partition coefficient (Wildman–Crippen LogP) is 7.53. The third-order valence-electron chi connectivity index (χ3n) is 7.28. The van der Waals surface area contributed by atoms with E-state index in [9.17, 15) is 0 Å². The zero-order valence-corrected chi connectivity index (χ0v) is 22.0. The van der Waals surface area contributed by atoms with E-state index in [2.05, 4.69) is 94.6 Å². The Labute approximate surface area is 166 Å². The molecule has 0 aromatic carbocycles. The molecule has 2 atom stereocenters. The van der Waals surface area contributed by atoms with E-state index in [-0.39, 0.29) is 21.8 Å². The van der Waals surface area contributed by atoms with E-state index in [1.54, 1.807) is 0 Å². The minimum absolute atomic E-state index is 0.116. The molecule has 0 aromatic rings. The van der Waals surface area contributed by atoms with E-state index in [0.717, 1.165) is 12.8 Å². The first kappa shape index (κ1) is 24.1. The third-order valence-corrected chi connectivity index (χ3v) is 16.4. The van der Waals surface area contributed by atoms with Crippen LogP contribution in [0.2, 0.25) is 36.3 Å². The summed E-state index contributed by atoms with van der Waals surface area (Å²) in [6, 6.07) is 0. The quantitative estimate of drug-likeness (QED) is 0.352. The lowest BCUT2D eigenvalue weighted by Gasteiger charge is -2.48. The van der Waals surface area contributed by atoms with E-state index >= 15 is 0 Å². The molecule has 0 fully saturated rings. The largest absolute Gasteiger partial charge is 0.412 e. The van der Waals surface area contributed by atoms with E-state index < -0.39 is 16.6 Å². The molecule has 0 spiro atoms. The molecule has 0 aromatic heterocycles. The molecule has 0 saturated heterocycles. The van der Waals surface area contributed by atoms with Gasteiger partial charge in [0, 0.05) is 0 Å². The van der Waals surface area contributed by atoms with Crippen LogP contribution in [0.15, 0.2) is 11.6 Å². The number of rotatable bonds is 5. The van der Waals surface area contributed by atoms with Crippen LogP contribution in [0.1, 0.15) is 75.2 Å². The van der Waals surface area contributed by atoms with Gasteiger partial charge in [-0.1, -0.05) is 47.6 Å². The van der Waals surface area contributed by atoms with Gasteiger partial charge < -0.3 is 8.85 Å². The predicted molar refractivity (Wildman–Crippen MR) is 121 cm³/mol. The Balaban J connectivity index is 2.97. The summed E-state index contributed by atoms with van der Waals surface area (Å²) in [7, 11) is -3.57. The standard InChI is InChI=1S/C22H46O2Si2/c1-17-14-15-18(16-19(17)23-25(10,11)20(2,3)4)22(8,9)24-26(12,13)21(5,6)7/h14,18-19H,15-16H2,1-13H3/t18-,19+/m1/s1. The molecule has 154 valence electrons. The van der Waals surface area contributed by atoms with Crippen LogP contribution in [0.4, 0.5) is 0 Å². The molecule has 0 amide bonds. The summed E-state index contributed by atoms with van der Waals surface area (Å²) in [6.45, 7) is 30.2. The van der Waals surface area contributed by atoms with Crippen molar-refractivity contribution in [3.05, 3.63) is 11.6 Å². The molecule has 1 aliphatic rings. The Morgan fingerprint density at radius 3 is 1.73 bits per heavy atom. The zero-order chi connectivity index (χ0) is 20.8. The van der Waals surface area contributed by atoms with Gasteiger partial charge in [0.2, 0.25) is 0 Å². The second kappa shape index (κ2) is 7.49. The van der Waals surface area contributed by atoms with Crippen molar-refractivity contribution >= 4 is 16.6 Å². The van der Waals surface area contributed by atoms with Crippen molar-refractivity contribution in [3.63, 3.8) is 0 Å². The molecule has 1 rings (SSSR count). The maximum atomic E-state index is 6.88. The fraction of sp³-hybridized carbons (Fsp3) is 0.909. The first-order valence-corrected chi connectivity index (χ1v) is 16.2. The normalized spacial score (nSPS) is 23.8. The van der Waals surface area contributed by atoms with Gasteiger partial charge in [-0.05, 0) is 81.4 Å². The number of hydrogen-bond donors (Lipinski definition) is 0. The SMILES string of the molecule is CC1=CC[C@@H](C(C)(C)O[Si](C)(C)C(C)(C)C)C[C@@H]1O[Si](C)(C)C(C)(C)C. The van der Waals surface area contributed by atoms with Crippen molar-refractivity contribution in [2.45, 2.75) is 123 Å². The number of hydrogen-bond acceptors (Lipinski definition) is 2. The van der Waals surface area contributed by atoms with E-state index in [1.165, 1.54) is 5.57 Å². The molecule has 4 heteroatoms. The zero-order valence-electron chi connectivity index (χ0n) is 20.0. The lowest BCUT2D eigenvalue weighted by atomic mass is 9.78. The summed E-state index contributed by atoms with van der Waals surface area (Å²) in [6.07, 6.45) is 4.83. The minimum Gasteiger partial charge on any atom is -0.412 e. The molecule has 0 heterocycles. The third kappa shape index (κ3) is 5.56. The number of allylic oxidation sites excluding steroid dienone is 1. The lowest BCUT2D eigenvalue weighted by molar-refractivity contribution is 0.00701. The van der Waals surface area contributed by atoms with Crippen molar-refractivity contribution in [1.29, 1.82) is 0 Å². The Morgan fingerprint density at radius 2 is 1.31 bits per heavy atom. The van der Waals surface area contributed by atoms with Crippen LogP contribution in [0.25, 0.3) is 0 Å². The molecule has 2 nitrogen and oxygen atoms in total. The molecule has 0 unspecified atom stereocenters. The van der Waals surface area contributed by atoms with Gasteiger partial charge >= 0.3 is 0 Å².